The van der Waals surface area contributed by atoms with E-state index in [0.29, 0.717) is 6.04 Å². The van der Waals surface area contributed by atoms with Crippen molar-refractivity contribution in [2.24, 2.45) is 0 Å². The number of benzene rings is 2. The number of halogens is 2. The highest BCUT2D eigenvalue weighted by molar-refractivity contribution is 6.33. The Morgan fingerprint density at radius 2 is 1.78 bits per heavy atom. The summed E-state index contributed by atoms with van der Waals surface area (Å²) >= 11 is 12.5. The summed E-state index contributed by atoms with van der Waals surface area (Å²) in [5, 5.41) is 3.60. The van der Waals surface area contributed by atoms with Crippen LogP contribution in [-0.2, 0) is 0 Å². The first kappa shape index (κ1) is 18.6. The van der Waals surface area contributed by atoms with Crippen molar-refractivity contribution in [3.63, 3.8) is 0 Å². The molecule has 0 amide bonds. The Morgan fingerprint density at radius 3 is 2.52 bits per heavy atom. The van der Waals surface area contributed by atoms with E-state index in [9.17, 15) is 0 Å². The van der Waals surface area contributed by atoms with Gasteiger partial charge in [-0.25, -0.2) is 5.43 Å². The van der Waals surface area contributed by atoms with Gasteiger partial charge in [0.1, 0.15) is 0 Å². The fraction of sp³-hybridized carbons (Fsp3) is 0.333. The number of hydrazine groups is 1. The van der Waals surface area contributed by atoms with E-state index < -0.39 is 0 Å². The number of rotatable bonds is 4. The van der Waals surface area contributed by atoms with E-state index in [1.165, 1.54) is 11.3 Å². The molecule has 0 saturated carbocycles. The van der Waals surface area contributed by atoms with Gasteiger partial charge in [-0.1, -0.05) is 41.4 Å². The minimum absolute atomic E-state index is 0.298. The van der Waals surface area contributed by atoms with Crippen molar-refractivity contribution in [1.29, 1.82) is 0 Å². The van der Waals surface area contributed by atoms with E-state index in [0.717, 1.165) is 48.5 Å². The summed E-state index contributed by atoms with van der Waals surface area (Å²) in [5.74, 6) is 0. The standard InChI is InChI=1S/C21H24Cl2N4/c1-16-17(15-27(24-16)21-8-3-2-7-20(21)23)14-25-9-11-26(12-10-25)19-6-4-5-18(22)13-19/h2-8,13,15-16,24H,9-12,14H2,1H3. The van der Waals surface area contributed by atoms with E-state index in [4.69, 9.17) is 23.2 Å². The second-order valence-electron chi connectivity index (χ2n) is 7.12. The fourth-order valence-corrected chi connectivity index (χ4v) is 4.08. The average molecular weight is 403 g/mol. The molecule has 0 aromatic heterocycles. The molecule has 4 nitrogen and oxygen atoms in total. The van der Waals surface area contributed by atoms with E-state index in [-0.39, 0.29) is 0 Å². The molecule has 6 heteroatoms. The predicted octanol–water partition coefficient (Wildman–Crippen LogP) is 4.41. The molecule has 2 aliphatic heterocycles. The lowest BCUT2D eigenvalue weighted by atomic mass is 10.1. The van der Waals surface area contributed by atoms with Crippen LogP contribution in [0.1, 0.15) is 6.92 Å². The smallest absolute Gasteiger partial charge is 0.0757 e. The average Bonchev–Trinajstić information content (AvgIpc) is 3.03. The van der Waals surface area contributed by atoms with Crippen LogP contribution in [0, 0.1) is 0 Å². The highest BCUT2D eigenvalue weighted by atomic mass is 35.5. The van der Waals surface area contributed by atoms with Gasteiger partial charge in [-0.3, -0.25) is 9.91 Å². The molecule has 2 aromatic rings. The van der Waals surface area contributed by atoms with Crippen molar-refractivity contribution in [2.75, 3.05) is 42.6 Å². The molecule has 0 aliphatic carbocycles. The second-order valence-corrected chi connectivity index (χ2v) is 7.96. The topological polar surface area (TPSA) is 21.8 Å². The molecule has 1 atom stereocenters. The molecule has 142 valence electrons. The number of hydrogen-bond acceptors (Lipinski definition) is 4. The van der Waals surface area contributed by atoms with E-state index >= 15 is 0 Å². The van der Waals surface area contributed by atoms with E-state index in [1.807, 2.05) is 47.5 Å². The Labute approximate surface area is 170 Å². The van der Waals surface area contributed by atoms with Crippen LogP contribution in [0.3, 0.4) is 0 Å². The van der Waals surface area contributed by atoms with Crippen LogP contribution in [0.25, 0.3) is 0 Å². The van der Waals surface area contributed by atoms with Crippen molar-refractivity contribution in [3.8, 4) is 0 Å². The van der Waals surface area contributed by atoms with Crippen LogP contribution in [0.5, 0.6) is 0 Å². The van der Waals surface area contributed by atoms with Gasteiger partial charge in [0.25, 0.3) is 0 Å². The maximum absolute atomic E-state index is 6.34. The third-order valence-electron chi connectivity index (χ3n) is 5.25. The summed E-state index contributed by atoms with van der Waals surface area (Å²) in [5.41, 5.74) is 7.08. The molecule has 1 fully saturated rings. The maximum atomic E-state index is 6.34. The van der Waals surface area contributed by atoms with Crippen molar-refractivity contribution in [3.05, 3.63) is 70.3 Å². The number of nitrogens with zero attached hydrogens (tertiary/aromatic N) is 3. The van der Waals surface area contributed by atoms with E-state index in [1.54, 1.807) is 0 Å². The molecule has 2 heterocycles. The van der Waals surface area contributed by atoms with Crippen molar-refractivity contribution < 1.29 is 0 Å². The van der Waals surface area contributed by atoms with Gasteiger partial charge in [-0.2, -0.15) is 0 Å². The van der Waals surface area contributed by atoms with Crippen molar-refractivity contribution in [2.45, 2.75) is 13.0 Å². The zero-order valence-electron chi connectivity index (χ0n) is 15.4. The Balaban J connectivity index is 1.37. The molecular weight excluding hydrogens is 379 g/mol. The first-order chi connectivity index (χ1) is 13.1. The summed E-state index contributed by atoms with van der Waals surface area (Å²) in [4.78, 5) is 4.92. The maximum Gasteiger partial charge on any atom is 0.0757 e. The fourth-order valence-electron chi connectivity index (χ4n) is 3.67. The zero-order chi connectivity index (χ0) is 18.8. The Kier molecular flexibility index (Phi) is 5.60. The highest BCUT2D eigenvalue weighted by Crippen LogP contribution is 2.28. The molecule has 2 aromatic carbocycles. The Morgan fingerprint density at radius 1 is 1.00 bits per heavy atom. The minimum Gasteiger partial charge on any atom is -0.369 e. The molecule has 1 N–H and O–H groups in total. The van der Waals surface area contributed by atoms with Gasteiger partial charge in [0, 0.05) is 55.7 Å². The quantitative estimate of drug-likeness (QED) is 0.816. The van der Waals surface area contributed by atoms with Crippen LogP contribution < -0.4 is 15.3 Å². The van der Waals surface area contributed by atoms with Crippen LogP contribution in [0.4, 0.5) is 11.4 Å². The highest BCUT2D eigenvalue weighted by Gasteiger charge is 2.25. The monoisotopic (exact) mass is 402 g/mol. The SMILES string of the molecule is CC1NN(c2ccccc2Cl)C=C1CN1CCN(c2cccc(Cl)c2)CC1. The number of para-hydroxylation sites is 1. The molecule has 2 aliphatic rings. The van der Waals surface area contributed by atoms with Crippen LogP contribution in [0.2, 0.25) is 10.0 Å². The lowest BCUT2D eigenvalue weighted by Gasteiger charge is -2.36. The van der Waals surface area contributed by atoms with Gasteiger partial charge in [0.15, 0.2) is 0 Å². The van der Waals surface area contributed by atoms with E-state index in [2.05, 4.69) is 34.4 Å². The molecule has 0 bridgehead atoms. The molecule has 1 saturated heterocycles. The van der Waals surface area contributed by atoms with Gasteiger partial charge >= 0.3 is 0 Å². The molecule has 1 unspecified atom stereocenters. The summed E-state index contributed by atoms with van der Waals surface area (Å²) < 4.78 is 0. The van der Waals surface area contributed by atoms with Gasteiger partial charge in [-0.05, 0) is 42.8 Å². The lowest BCUT2D eigenvalue weighted by molar-refractivity contribution is 0.274. The first-order valence-electron chi connectivity index (χ1n) is 9.33. The summed E-state index contributed by atoms with van der Waals surface area (Å²) in [6.07, 6.45) is 2.19. The number of anilines is 2. The number of hydrogen-bond donors (Lipinski definition) is 1. The Bertz CT molecular complexity index is 830. The third-order valence-corrected chi connectivity index (χ3v) is 5.80. The minimum atomic E-state index is 0.298. The summed E-state index contributed by atoms with van der Waals surface area (Å²) in [6.45, 7) is 7.29. The molecule has 0 radical (unpaired) electrons. The number of piperazine rings is 1. The molecule has 4 rings (SSSR count). The molecule has 0 spiro atoms. The second kappa shape index (κ2) is 8.11. The van der Waals surface area contributed by atoms with Gasteiger partial charge in [0.05, 0.1) is 10.7 Å². The van der Waals surface area contributed by atoms with Gasteiger partial charge in [-0.15, -0.1) is 0 Å². The van der Waals surface area contributed by atoms with Crippen LogP contribution in [0.15, 0.2) is 60.3 Å². The van der Waals surface area contributed by atoms with Gasteiger partial charge in [0.2, 0.25) is 0 Å². The molecule has 27 heavy (non-hydrogen) atoms. The zero-order valence-corrected chi connectivity index (χ0v) is 16.9. The largest absolute Gasteiger partial charge is 0.369 e. The normalized spacial score (nSPS) is 20.9. The predicted molar refractivity (Wildman–Crippen MR) is 115 cm³/mol. The van der Waals surface area contributed by atoms with Crippen molar-refractivity contribution in [1.82, 2.24) is 10.3 Å². The van der Waals surface area contributed by atoms with Crippen LogP contribution in [-0.4, -0.2) is 43.7 Å². The Hall–Kier alpha value is -1.72. The lowest BCUT2D eigenvalue weighted by Crippen LogP contribution is -2.47. The van der Waals surface area contributed by atoms with Crippen molar-refractivity contribution >= 4 is 34.6 Å². The third kappa shape index (κ3) is 4.25. The van der Waals surface area contributed by atoms with Crippen LogP contribution >= 0.6 is 23.2 Å². The summed E-state index contributed by atoms with van der Waals surface area (Å²) in [7, 11) is 0. The summed E-state index contributed by atoms with van der Waals surface area (Å²) in [6, 6.07) is 16.3. The van der Waals surface area contributed by atoms with Gasteiger partial charge < -0.3 is 4.90 Å². The first-order valence-corrected chi connectivity index (χ1v) is 10.1. The molecular formula is C21H24Cl2N4. The number of nitrogens with one attached hydrogen (secondary N) is 1.